The molecule has 1 unspecified atom stereocenters. The molecule has 0 N–H and O–H groups in total. The molecule has 242 valence electrons. The lowest BCUT2D eigenvalue weighted by atomic mass is 10.1. The lowest BCUT2D eigenvalue weighted by molar-refractivity contribution is -0.156. The molecule has 0 bridgehead atoms. The molecule has 0 aliphatic heterocycles. The second-order valence-electron chi connectivity index (χ2n) is 11.3. The Labute approximate surface area is 266 Å². The van der Waals surface area contributed by atoms with Crippen molar-refractivity contribution in [2.24, 2.45) is 0 Å². The molecule has 0 radical (unpaired) electrons. The SMILES string of the molecule is CCCCCCCCCCCCOc1cnc(-c2ccc(C(=O)Oc3ccc(C(=O)OC(C)C(=O)OC(C)C)cc3)cc2)cn1. The Morgan fingerprint density at radius 1 is 0.667 bits per heavy atom. The first kappa shape index (κ1) is 35.2. The van der Waals surface area contributed by atoms with Crippen molar-refractivity contribution in [3.63, 3.8) is 0 Å². The van der Waals surface area contributed by atoms with Gasteiger partial charge in [0.25, 0.3) is 0 Å². The van der Waals surface area contributed by atoms with Crippen molar-refractivity contribution in [3.05, 3.63) is 72.1 Å². The summed E-state index contributed by atoms with van der Waals surface area (Å²) in [5.74, 6) is -1.11. The maximum Gasteiger partial charge on any atom is 0.347 e. The number of carbonyl (C=O) groups is 3. The second kappa shape index (κ2) is 19.2. The molecule has 0 spiro atoms. The topological polar surface area (TPSA) is 114 Å². The van der Waals surface area contributed by atoms with Crippen LogP contribution in [0.1, 0.15) is 113 Å². The summed E-state index contributed by atoms with van der Waals surface area (Å²) in [7, 11) is 0. The highest BCUT2D eigenvalue weighted by atomic mass is 16.6. The summed E-state index contributed by atoms with van der Waals surface area (Å²) in [4.78, 5) is 45.7. The number of rotatable bonds is 19. The monoisotopic (exact) mass is 618 g/mol. The lowest BCUT2D eigenvalue weighted by Gasteiger charge is -2.14. The predicted molar refractivity (Wildman–Crippen MR) is 172 cm³/mol. The van der Waals surface area contributed by atoms with Crippen LogP contribution in [0.25, 0.3) is 11.3 Å². The van der Waals surface area contributed by atoms with Crippen LogP contribution in [0.3, 0.4) is 0 Å². The van der Waals surface area contributed by atoms with E-state index in [1.807, 2.05) is 0 Å². The second-order valence-corrected chi connectivity index (χ2v) is 11.3. The smallest absolute Gasteiger partial charge is 0.347 e. The molecule has 3 rings (SSSR count). The Hall–Kier alpha value is -4.27. The zero-order valence-electron chi connectivity index (χ0n) is 27.0. The van der Waals surface area contributed by atoms with E-state index in [2.05, 4.69) is 16.9 Å². The Morgan fingerprint density at radius 2 is 1.24 bits per heavy atom. The van der Waals surface area contributed by atoms with Crippen LogP contribution in [0.5, 0.6) is 11.6 Å². The number of aromatic nitrogens is 2. The summed E-state index contributed by atoms with van der Waals surface area (Å²) in [5.41, 5.74) is 2.02. The molecule has 2 aromatic carbocycles. The van der Waals surface area contributed by atoms with Crippen LogP contribution in [-0.2, 0) is 14.3 Å². The van der Waals surface area contributed by atoms with Gasteiger partial charge in [-0.2, -0.15) is 0 Å². The zero-order valence-corrected chi connectivity index (χ0v) is 27.0. The number of unbranched alkanes of at least 4 members (excludes halogenated alkanes) is 9. The molecule has 0 amide bonds. The molecule has 45 heavy (non-hydrogen) atoms. The first-order valence-corrected chi connectivity index (χ1v) is 16.1. The molecule has 0 saturated heterocycles. The van der Waals surface area contributed by atoms with Crippen LogP contribution in [0, 0.1) is 0 Å². The van der Waals surface area contributed by atoms with Gasteiger partial charge in [0.1, 0.15) is 5.75 Å². The van der Waals surface area contributed by atoms with Crippen LogP contribution in [0.4, 0.5) is 0 Å². The highest BCUT2D eigenvalue weighted by Gasteiger charge is 2.21. The zero-order chi connectivity index (χ0) is 32.4. The molecule has 9 nitrogen and oxygen atoms in total. The lowest BCUT2D eigenvalue weighted by Crippen LogP contribution is -2.28. The van der Waals surface area contributed by atoms with E-state index in [0.717, 1.165) is 18.4 Å². The number of benzene rings is 2. The average molecular weight is 619 g/mol. The van der Waals surface area contributed by atoms with Crippen molar-refractivity contribution >= 4 is 17.9 Å². The third-order valence-corrected chi connectivity index (χ3v) is 7.06. The van der Waals surface area contributed by atoms with Gasteiger partial charge in [-0.15, -0.1) is 0 Å². The van der Waals surface area contributed by atoms with Gasteiger partial charge in [-0.25, -0.2) is 24.4 Å². The molecule has 0 saturated carbocycles. The molecular formula is C36H46N2O7. The van der Waals surface area contributed by atoms with Crippen molar-refractivity contribution in [2.45, 2.75) is 104 Å². The summed E-state index contributed by atoms with van der Waals surface area (Å²) in [5, 5.41) is 0. The molecule has 0 fully saturated rings. The van der Waals surface area contributed by atoms with Crippen LogP contribution in [0.2, 0.25) is 0 Å². The number of hydrogen-bond donors (Lipinski definition) is 0. The summed E-state index contributed by atoms with van der Waals surface area (Å²) in [6.07, 6.45) is 14.7. The molecular weight excluding hydrogens is 572 g/mol. The van der Waals surface area contributed by atoms with Crippen LogP contribution in [-0.4, -0.2) is 46.7 Å². The van der Waals surface area contributed by atoms with E-state index >= 15 is 0 Å². The fourth-order valence-electron chi connectivity index (χ4n) is 4.51. The van der Waals surface area contributed by atoms with Crippen LogP contribution in [0.15, 0.2) is 60.9 Å². The van der Waals surface area contributed by atoms with Gasteiger partial charge in [0.15, 0.2) is 6.10 Å². The van der Waals surface area contributed by atoms with Gasteiger partial charge < -0.3 is 18.9 Å². The first-order valence-electron chi connectivity index (χ1n) is 16.1. The van der Waals surface area contributed by atoms with Crippen molar-refractivity contribution in [1.29, 1.82) is 0 Å². The van der Waals surface area contributed by atoms with Crippen molar-refractivity contribution in [3.8, 4) is 22.9 Å². The van der Waals surface area contributed by atoms with Crippen LogP contribution >= 0.6 is 0 Å². The Morgan fingerprint density at radius 3 is 1.82 bits per heavy atom. The minimum atomic E-state index is -1.04. The number of nitrogens with zero attached hydrogens (tertiary/aromatic N) is 2. The fourth-order valence-corrected chi connectivity index (χ4v) is 4.51. The van der Waals surface area contributed by atoms with Gasteiger partial charge in [-0.05, 0) is 63.6 Å². The van der Waals surface area contributed by atoms with E-state index in [1.165, 1.54) is 82.6 Å². The predicted octanol–water partition coefficient (Wildman–Crippen LogP) is 8.16. The van der Waals surface area contributed by atoms with Gasteiger partial charge in [-0.1, -0.05) is 76.8 Å². The number of esters is 3. The van der Waals surface area contributed by atoms with Crippen LogP contribution < -0.4 is 9.47 Å². The quantitative estimate of drug-likeness (QED) is 0.0745. The number of carbonyl (C=O) groups excluding carboxylic acids is 3. The molecule has 9 heteroatoms. The minimum absolute atomic E-state index is 0.208. The standard InChI is InChI=1S/C36H46N2O7/c1-5-6-7-8-9-10-11-12-13-14-23-42-33-25-37-32(24-38-33)28-15-17-29(18-16-28)36(41)45-31-21-19-30(20-22-31)35(40)44-27(4)34(39)43-26(2)3/h15-22,24-27H,5-14,23H2,1-4H3. The highest BCUT2D eigenvalue weighted by molar-refractivity contribution is 5.93. The Kier molecular flexibility index (Phi) is 15.0. The Balaban J connectivity index is 1.39. The van der Waals surface area contributed by atoms with E-state index in [-0.39, 0.29) is 17.4 Å². The third-order valence-electron chi connectivity index (χ3n) is 7.06. The number of hydrogen-bond acceptors (Lipinski definition) is 9. The molecule has 1 heterocycles. The van der Waals surface area contributed by atoms with Crippen molar-refractivity contribution in [2.75, 3.05) is 6.61 Å². The van der Waals surface area contributed by atoms with E-state index in [1.54, 1.807) is 50.5 Å². The molecule has 1 aromatic heterocycles. The largest absolute Gasteiger partial charge is 0.477 e. The minimum Gasteiger partial charge on any atom is -0.477 e. The van der Waals surface area contributed by atoms with E-state index < -0.39 is 24.0 Å². The van der Waals surface area contributed by atoms with Gasteiger partial charge >= 0.3 is 17.9 Å². The van der Waals surface area contributed by atoms with E-state index in [9.17, 15) is 14.4 Å². The summed E-state index contributed by atoms with van der Waals surface area (Å²) < 4.78 is 21.4. The summed E-state index contributed by atoms with van der Waals surface area (Å²) >= 11 is 0. The maximum atomic E-state index is 12.7. The Bertz CT molecular complexity index is 1320. The first-order chi connectivity index (χ1) is 21.8. The average Bonchev–Trinajstić information content (AvgIpc) is 3.04. The van der Waals surface area contributed by atoms with E-state index in [4.69, 9.17) is 18.9 Å². The van der Waals surface area contributed by atoms with Gasteiger partial charge in [0.2, 0.25) is 5.88 Å². The number of ether oxygens (including phenoxy) is 4. The summed E-state index contributed by atoms with van der Waals surface area (Å²) in [6.45, 7) is 7.74. The molecule has 0 aliphatic carbocycles. The third kappa shape index (κ3) is 12.7. The maximum absolute atomic E-state index is 12.7. The normalized spacial score (nSPS) is 11.6. The fraction of sp³-hybridized carbons (Fsp3) is 0.472. The summed E-state index contributed by atoms with van der Waals surface area (Å²) in [6, 6.07) is 12.7. The molecule has 3 aromatic rings. The van der Waals surface area contributed by atoms with Gasteiger partial charge in [-0.3, -0.25) is 0 Å². The molecule has 0 aliphatic rings. The van der Waals surface area contributed by atoms with Gasteiger partial charge in [0, 0.05) is 5.56 Å². The van der Waals surface area contributed by atoms with Crippen molar-refractivity contribution in [1.82, 2.24) is 9.97 Å². The molecule has 1 atom stereocenters. The van der Waals surface area contributed by atoms with Gasteiger partial charge in [0.05, 0.1) is 41.9 Å². The van der Waals surface area contributed by atoms with Crippen molar-refractivity contribution < 1.29 is 33.3 Å². The van der Waals surface area contributed by atoms with E-state index in [0.29, 0.717) is 23.7 Å². The highest BCUT2D eigenvalue weighted by Crippen LogP contribution is 2.20.